The van der Waals surface area contributed by atoms with Gasteiger partial charge in [0, 0.05) is 18.9 Å². The van der Waals surface area contributed by atoms with E-state index in [1.807, 2.05) is 30.3 Å². The monoisotopic (exact) mass is 588 g/mol. The molecule has 0 radical (unpaired) electrons. The van der Waals surface area contributed by atoms with Gasteiger partial charge >= 0.3 is 5.97 Å². The molecule has 0 atom stereocenters. The molecule has 3 rings (SSSR count). The van der Waals surface area contributed by atoms with Gasteiger partial charge in [0.25, 0.3) is 0 Å². The van der Waals surface area contributed by atoms with E-state index in [0.717, 1.165) is 16.7 Å². The molecule has 0 fully saturated rings. The van der Waals surface area contributed by atoms with E-state index >= 15 is 0 Å². The van der Waals surface area contributed by atoms with Crippen LogP contribution < -0.4 is 10.2 Å². The fourth-order valence-electron chi connectivity index (χ4n) is 3.77. The van der Waals surface area contributed by atoms with E-state index in [4.69, 9.17) is 9.84 Å². The van der Waals surface area contributed by atoms with Crippen LogP contribution in [0.3, 0.4) is 0 Å². The molecule has 1 heterocycles. The first kappa shape index (κ1) is 26.1. The fourth-order valence-corrected chi connectivity index (χ4v) is 5.21. The number of nitrogens with zero attached hydrogens (tertiary/aromatic N) is 1. The highest BCUT2D eigenvalue weighted by Crippen LogP contribution is 2.40. The minimum atomic E-state index is -0.899. The van der Waals surface area contributed by atoms with E-state index in [9.17, 15) is 10.0 Å². The quantitative estimate of drug-likeness (QED) is 0.224. The van der Waals surface area contributed by atoms with Crippen LogP contribution in [0.2, 0.25) is 0 Å². The smallest absolute Gasteiger partial charge is 0.307 e. The number of benzene rings is 2. The number of rotatable bonds is 10. The number of hydrogen-bond donors (Lipinski definition) is 3. The summed E-state index contributed by atoms with van der Waals surface area (Å²) in [6.45, 7) is 4.70. The molecule has 0 aliphatic carbocycles. The Kier molecular flexibility index (Phi) is 9.41. The van der Waals surface area contributed by atoms with Crippen molar-refractivity contribution in [3.63, 3.8) is 0 Å². The molecule has 3 N–H and O–H groups in total. The lowest BCUT2D eigenvalue weighted by Crippen LogP contribution is -2.13. The molecule has 0 spiro atoms. The second-order valence-electron chi connectivity index (χ2n) is 8.07. The maximum atomic E-state index is 11.1. The van der Waals surface area contributed by atoms with Crippen molar-refractivity contribution in [1.29, 1.82) is 0 Å². The highest BCUT2D eigenvalue weighted by molar-refractivity contribution is 9.11. The summed E-state index contributed by atoms with van der Waals surface area (Å²) in [6.07, 6.45) is 8.15. The molecule has 0 aliphatic heterocycles. The number of aliphatic carboxylic acids is 1. The van der Waals surface area contributed by atoms with E-state index in [1.165, 1.54) is 5.56 Å². The number of carboxylic acids is 1. The van der Waals surface area contributed by atoms with Gasteiger partial charge in [-0.3, -0.25) is 9.78 Å². The minimum Gasteiger partial charge on any atom is -0.481 e. The average molecular weight is 590 g/mol. The van der Waals surface area contributed by atoms with Crippen LogP contribution in [0.15, 0.2) is 57.7 Å². The number of hydrogen-bond acceptors (Lipinski definition) is 5. The van der Waals surface area contributed by atoms with Gasteiger partial charge < -0.3 is 15.1 Å². The Bertz CT molecular complexity index is 1160. The molecule has 0 unspecified atom stereocenters. The summed E-state index contributed by atoms with van der Waals surface area (Å²) in [5.74, 6) is 0.555. The number of nitrogens with one attached hydrogen (secondary N) is 1. The number of halogens is 2. The Balaban J connectivity index is 2.05. The number of carboxylic acid groups (broad SMARTS) is 1. The van der Waals surface area contributed by atoms with E-state index in [2.05, 4.69) is 62.2 Å². The van der Waals surface area contributed by atoms with E-state index in [0.29, 0.717) is 39.0 Å². The summed E-state index contributed by atoms with van der Waals surface area (Å²) in [5.41, 5.74) is 7.20. The summed E-state index contributed by atoms with van der Waals surface area (Å²) in [4.78, 5) is 15.2. The zero-order chi connectivity index (χ0) is 24.7. The molecule has 0 saturated heterocycles. The molecule has 2 aromatic carbocycles. The first-order valence-corrected chi connectivity index (χ1v) is 12.4. The van der Waals surface area contributed by atoms with Gasteiger partial charge in [-0.25, -0.2) is 5.48 Å². The van der Waals surface area contributed by atoms with Crippen molar-refractivity contribution in [3.05, 3.63) is 85.6 Å². The number of aromatic nitrogens is 1. The van der Waals surface area contributed by atoms with Crippen LogP contribution in [-0.2, 0) is 17.6 Å². The van der Waals surface area contributed by atoms with Gasteiger partial charge in [-0.2, -0.15) is 0 Å². The fraction of sp³-hybridized carbons (Fsp3) is 0.231. The maximum Gasteiger partial charge on any atom is 0.307 e. The Morgan fingerprint density at radius 3 is 2.38 bits per heavy atom. The summed E-state index contributed by atoms with van der Waals surface area (Å²) in [6, 6.07) is 11.4. The number of hydroxylamine groups is 1. The Labute approximate surface area is 215 Å². The standard InChI is InChI=1S/C26H26Br2N2O4/c1-16(2)25-19(4-3-17-5-8-29-9-6-17)14-21(15-20(25)7-10-30-33)34-26-22(27)11-18(12-23(26)28)13-24(31)32/h3-6,8-9,11-12,14-16,30,33H,7,10,13H2,1-2H3,(H,31,32)/b4-3+. The summed E-state index contributed by atoms with van der Waals surface area (Å²) in [7, 11) is 0. The number of pyridine rings is 1. The van der Waals surface area contributed by atoms with Crippen molar-refractivity contribution in [1.82, 2.24) is 10.5 Å². The minimum absolute atomic E-state index is 0.0805. The molecular weight excluding hydrogens is 564 g/mol. The summed E-state index contributed by atoms with van der Waals surface area (Å²) >= 11 is 7.02. The second-order valence-corrected chi connectivity index (χ2v) is 9.78. The van der Waals surface area contributed by atoms with Crippen LogP contribution in [0, 0.1) is 0 Å². The van der Waals surface area contributed by atoms with Gasteiger partial charge in [0.05, 0.1) is 15.4 Å². The van der Waals surface area contributed by atoms with Crippen molar-refractivity contribution in [2.24, 2.45) is 0 Å². The predicted octanol–water partition coefficient (Wildman–Crippen LogP) is 6.84. The third-order valence-corrected chi connectivity index (χ3v) is 6.33. The van der Waals surface area contributed by atoms with Gasteiger partial charge in [0.2, 0.25) is 0 Å². The topological polar surface area (TPSA) is 91.7 Å². The van der Waals surface area contributed by atoms with Gasteiger partial charge in [0.1, 0.15) is 5.75 Å². The Morgan fingerprint density at radius 2 is 1.79 bits per heavy atom. The zero-order valence-electron chi connectivity index (χ0n) is 18.9. The molecule has 0 amide bonds. The van der Waals surface area contributed by atoms with Crippen molar-refractivity contribution in [2.45, 2.75) is 32.6 Å². The van der Waals surface area contributed by atoms with Crippen molar-refractivity contribution in [2.75, 3.05) is 6.54 Å². The van der Waals surface area contributed by atoms with Gasteiger partial charge in [-0.15, -0.1) is 0 Å². The van der Waals surface area contributed by atoms with Crippen LogP contribution in [-0.4, -0.2) is 27.8 Å². The van der Waals surface area contributed by atoms with Crippen LogP contribution in [0.4, 0.5) is 0 Å². The lowest BCUT2D eigenvalue weighted by molar-refractivity contribution is -0.136. The molecule has 178 valence electrons. The highest BCUT2D eigenvalue weighted by atomic mass is 79.9. The molecule has 0 aliphatic rings. The average Bonchev–Trinajstić information content (AvgIpc) is 2.78. The van der Waals surface area contributed by atoms with E-state index in [1.54, 1.807) is 24.5 Å². The molecule has 1 aromatic heterocycles. The third kappa shape index (κ3) is 6.99. The lowest BCUT2D eigenvalue weighted by atomic mass is 9.89. The van der Waals surface area contributed by atoms with E-state index < -0.39 is 5.97 Å². The normalized spacial score (nSPS) is 11.4. The highest BCUT2D eigenvalue weighted by Gasteiger charge is 2.17. The predicted molar refractivity (Wildman–Crippen MR) is 140 cm³/mol. The molecule has 34 heavy (non-hydrogen) atoms. The third-order valence-electron chi connectivity index (χ3n) is 5.15. The Hall–Kier alpha value is -2.52. The molecule has 6 nitrogen and oxygen atoms in total. The van der Waals surface area contributed by atoms with Crippen molar-refractivity contribution in [3.8, 4) is 11.5 Å². The molecule has 3 aromatic rings. The molecule has 0 saturated carbocycles. The first-order valence-electron chi connectivity index (χ1n) is 10.8. The first-order chi connectivity index (χ1) is 16.3. The van der Waals surface area contributed by atoms with Gasteiger partial charge in [-0.1, -0.05) is 26.0 Å². The Morgan fingerprint density at radius 1 is 1.12 bits per heavy atom. The van der Waals surface area contributed by atoms with Crippen molar-refractivity contribution < 1.29 is 19.8 Å². The van der Waals surface area contributed by atoms with Gasteiger partial charge in [0.15, 0.2) is 5.75 Å². The summed E-state index contributed by atoms with van der Waals surface area (Å²) < 4.78 is 7.58. The largest absolute Gasteiger partial charge is 0.481 e. The van der Waals surface area contributed by atoms with Crippen LogP contribution in [0.5, 0.6) is 11.5 Å². The van der Waals surface area contributed by atoms with Crippen LogP contribution >= 0.6 is 31.9 Å². The number of carbonyl (C=O) groups is 1. The molecule has 8 heteroatoms. The SMILES string of the molecule is CC(C)c1c(/C=C/c2ccncc2)cc(Oc2c(Br)cc(CC(=O)O)cc2Br)cc1CCNO. The zero-order valence-corrected chi connectivity index (χ0v) is 22.1. The molecule has 0 bridgehead atoms. The molecular formula is C26H26Br2N2O4. The second kappa shape index (κ2) is 12.3. The number of ether oxygens (including phenoxy) is 1. The maximum absolute atomic E-state index is 11.1. The van der Waals surface area contributed by atoms with Crippen molar-refractivity contribution >= 4 is 50.0 Å². The van der Waals surface area contributed by atoms with Gasteiger partial charge in [-0.05, 0) is 108 Å². The van der Waals surface area contributed by atoms with Crippen LogP contribution in [0.25, 0.3) is 12.2 Å². The lowest BCUT2D eigenvalue weighted by Gasteiger charge is -2.19. The van der Waals surface area contributed by atoms with Crippen LogP contribution in [0.1, 0.15) is 47.6 Å². The summed E-state index contributed by atoms with van der Waals surface area (Å²) in [5, 5.41) is 18.3. The van der Waals surface area contributed by atoms with E-state index in [-0.39, 0.29) is 12.3 Å².